The fourth-order valence-electron chi connectivity index (χ4n) is 4.28. The van der Waals surface area contributed by atoms with E-state index < -0.39 is 5.82 Å². The molecule has 0 unspecified atom stereocenters. The minimum absolute atomic E-state index is 0.00239. The number of nitrogens with one attached hydrogen (secondary N) is 1. The number of hydrogen-bond acceptors (Lipinski definition) is 6. The second kappa shape index (κ2) is 7.39. The Bertz CT molecular complexity index is 1150. The van der Waals surface area contributed by atoms with Crippen LogP contribution < -0.4 is 14.8 Å². The predicted molar refractivity (Wildman–Crippen MR) is 109 cm³/mol. The molecule has 160 valence electrons. The second-order valence-electron chi connectivity index (χ2n) is 7.91. The molecule has 6 rings (SSSR count). The van der Waals surface area contributed by atoms with Gasteiger partial charge in [-0.15, -0.1) is 5.10 Å². The van der Waals surface area contributed by atoms with E-state index in [-0.39, 0.29) is 40.3 Å². The highest BCUT2D eigenvalue weighted by Crippen LogP contribution is 2.67. The summed E-state index contributed by atoms with van der Waals surface area (Å²) >= 11 is 11.7. The summed E-state index contributed by atoms with van der Waals surface area (Å²) in [7, 11) is 0. The topological polar surface area (TPSA) is 86.5 Å². The highest BCUT2D eigenvalue weighted by Gasteiger charge is 2.71. The Morgan fingerprint density at radius 2 is 1.90 bits per heavy atom. The Kier molecular flexibility index (Phi) is 4.79. The Morgan fingerprint density at radius 1 is 1.13 bits per heavy atom. The molecule has 0 spiro atoms. The van der Waals surface area contributed by atoms with Crippen molar-refractivity contribution in [3.05, 3.63) is 64.2 Å². The normalized spacial score (nSPS) is 23.5. The summed E-state index contributed by atoms with van der Waals surface area (Å²) < 4.78 is 30.0. The molecule has 3 fully saturated rings. The first kappa shape index (κ1) is 20.1. The summed E-state index contributed by atoms with van der Waals surface area (Å²) in [6.07, 6.45) is 2.09. The highest BCUT2D eigenvalue weighted by atomic mass is 35.5. The van der Waals surface area contributed by atoms with Crippen LogP contribution in [0.2, 0.25) is 10.0 Å². The number of rotatable bonds is 7. The van der Waals surface area contributed by atoms with E-state index in [0.29, 0.717) is 35.9 Å². The molecule has 10 heteroatoms. The number of para-hydroxylation sites is 1. The maximum atomic E-state index is 13.4. The van der Waals surface area contributed by atoms with E-state index in [4.69, 9.17) is 37.1 Å². The zero-order valence-corrected chi connectivity index (χ0v) is 17.5. The van der Waals surface area contributed by atoms with Crippen LogP contribution in [0.15, 0.2) is 46.9 Å². The molecule has 31 heavy (non-hydrogen) atoms. The van der Waals surface area contributed by atoms with Crippen molar-refractivity contribution in [3.8, 4) is 17.6 Å². The zero-order chi connectivity index (χ0) is 21.6. The molecule has 7 nitrogen and oxygen atoms in total. The molecule has 1 amide bonds. The van der Waals surface area contributed by atoms with E-state index in [9.17, 15) is 9.18 Å². The van der Waals surface area contributed by atoms with Gasteiger partial charge < -0.3 is 19.2 Å². The van der Waals surface area contributed by atoms with Crippen LogP contribution in [-0.4, -0.2) is 28.3 Å². The fraction of sp³-hybridized carbons (Fsp3) is 0.286. The summed E-state index contributed by atoms with van der Waals surface area (Å²) in [4.78, 5) is 12.2. The van der Waals surface area contributed by atoms with Crippen molar-refractivity contribution >= 4 is 29.1 Å². The molecule has 2 aromatic carbocycles. The standard InChI is InChI=1S/C21H16Cl2FN3O4/c22-13-6-5-12(7-15(13)24)29-8-17(28)25-21-9-20(10-21,11-21)18-26-27-19(31-18)30-16-4-2-1-3-14(16)23/h1-7H,8-11H2,(H,25,28). The number of nitrogens with zero attached hydrogens (tertiary/aromatic N) is 2. The Hall–Kier alpha value is -2.84. The lowest BCUT2D eigenvalue weighted by atomic mass is 9.39. The molecule has 3 aromatic rings. The van der Waals surface area contributed by atoms with Crippen molar-refractivity contribution in [2.75, 3.05) is 6.61 Å². The van der Waals surface area contributed by atoms with Crippen LogP contribution in [0.4, 0.5) is 4.39 Å². The largest absolute Gasteiger partial charge is 0.484 e. The van der Waals surface area contributed by atoms with E-state index in [1.165, 1.54) is 12.1 Å². The maximum Gasteiger partial charge on any atom is 0.420 e. The van der Waals surface area contributed by atoms with Crippen molar-refractivity contribution in [2.45, 2.75) is 30.2 Å². The smallest absolute Gasteiger partial charge is 0.420 e. The van der Waals surface area contributed by atoms with Gasteiger partial charge in [0.25, 0.3) is 5.91 Å². The van der Waals surface area contributed by atoms with Gasteiger partial charge in [0, 0.05) is 11.6 Å². The van der Waals surface area contributed by atoms with Gasteiger partial charge in [-0.25, -0.2) is 4.39 Å². The monoisotopic (exact) mass is 463 g/mol. The van der Waals surface area contributed by atoms with E-state index in [2.05, 4.69) is 15.5 Å². The Labute approximate surface area is 186 Å². The van der Waals surface area contributed by atoms with Gasteiger partial charge in [0.2, 0.25) is 5.89 Å². The van der Waals surface area contributed by atoms with Crippen molar-refractivity contribution in [1.29, 1.82) is 0 Å². The quantitative estimate of drug-likeness (QED) is 0.547. The molecule has 1 heterocycles. The highest BCUT2D eigenvalue weighted by molar-refractivity contribution is 6.32. The lowest BCUT2D eigenvalue weighted by Gasteiger charge is -2.68. The second-order valence-corrected chi connectivity index (χ2v) is 8.72. The van der Waals surface area contributed by atoms with E-state index in [1.54, 1.807) is 24.3 Å². The van der Waals surface area contributed by atoms with Crippen molar-refractivity contribution < 1.29 is 23.1 Å². The predicted octanol–water partition coefficient (Wildman–Crippen LogP) is 4.68. The molecule has 3 aliphatic rings. The maximum absolute atomic E-state index is 13.4. The third-order valence-electron chi connectivity index (χ3n) is 5.59. The third-order valence-corrected chi connectivity index (χ3v) is 6.21. The number of benzene rings is 2. The first-order valence-electron chi connectivity index (χ1n) is 9.52. The van der Waals surface area contributed by atoms with Crippen LogP contribution in [0.1, 0.15) is 25.2 Å². The minimum Gasteiger partial charge on any atom is -0.484 e. The van der Waals surface area contributed by atoms with Crippen LogP contribution >= 0.6 is 23.2 Å². The van der Waals surface area contributed by atoms with E-state index in [0.717, 1.165) is 6.07 Å². The van der Waals surface area contributed by atoms with Crippen LogP contribution in [0.3, 0.4) is 0 Å². The summed E-state index contributed by atoms with van der Waals surface area (Å²) in [6, 6.07) is 11.0. The number of hydrogen-bond donors (Lipinski definition) is 1. The van der Waals surface area contributed by atoms with Gasteiger partial charge in [0.15, 0.2) is 12.4 Å². The average Bonchev–Trinajstić information content (AvgIpc) is 3.14. The molecule has 3 saturated carbocycles. The molecule has 2 bridgehead atoms. The Balaban J connectivity index is 1.14. The Morgan fingerprint density at radius 3 is 2.65 bits per heavy atom. The summed E-state index contributed by atoms with van der Waals surface area (Å²) in [5, 5.41) is 11.5. The van der Waals surface area contributed by atoms with Gasteiger partial charge in [-0.3, -0.25) is 4.79 Å². The first-order valence-corrected chi connectivity index (χ1v) is 10.3. The number of carbonyl (C=O) groups is 1. The molecular formula is C21H16Cl2FN3O4. The zero-order valence-electron chi connectivity index (χ0n) is 16.0. The minimum atomic E-state index is -0.599. The molecule has 1 N–H and O–H groups in total. The van der Waals surface area contributed by atoms with Crippen molar-refractivity contribution in [3.63, 3.8) is 0 Å². The van der Waals surface area contributed by atoms with Crippen LogP contribution in [0.25, 0.3) is 0 Å². The molecule has 0 aliphatic heterocycles. The lowest BCUT2D eigenvalue weighted by molar-refractivity contribution is -0.143. The van der Waals surface area contributed by atoms with Crippen LogP contribution in [-0.2, 0) is 10.2 Å². The van der Waals surface area contributed by atoms with Gasteiger partial charge in [-0.1, -0.05) is 40.4 Å². The summed E-state index contributed by atoms with van der Waals surface area (Å²) in [6.45, 7) is -0.216. The first-order chi connectivity index (χ1) is 14.9. The van der Waals surface area contributed by atoms with Gasteiger partial charge in [0.05, 0.1) is 15.5 Å². The average molecular weight is 464 g/mol. The summed E-state index contributed by atoms with van der Waals surface area (Å²) in [5.41, 5.74) is -0.549. The number of halogens is 3. The fourth-order valence-corrected chi connectivity index (χ4v) is 4.57. The molecular weight excluding hydrogens is 448 g/mol. The van der Waals surface area contributed by atoms with Crippen molar-refractivity contribution in [2.24, 2.45) is 0 Å². The lowest BCUT2D eigenvalue weighted by Crippen LogP contribution is -2.77. The molecule has 3 aliphatic carbocycles. The van der Waals surface area contributed by atoms with E-state index in [1.807, 2.05) is 0 Å². The van der Waals surface area contributed by atoms with Crippen LogP contribution in [0.5, 0.6) is 17.6 Å². The molecule has 0 atom stereocenters. The number of ether oxygens (including phenoxy) is 2. The van der Waals surface area contributed by atoms with Gasteiger partial charge in [-0.05, 0) is 43.5 Å². The molecule has 0 saturated heterocycles. The number of amides is 1. The van der Waals surface area contributed by atoms with Crippen molar-refractivity contribution in [1.82, 2.24) is 15.5 Å². The van der Waals surface area contributed by atoms with Gasteiger partial charge >= 0.3 is 6.08 Å². The van der Waals surface area contributed by atoms with Gasteiger partial charge in [-0.2, -0.15) is 0 Å². The molecule has 1 aromatic heterocycles. The van der Waals surface area contributed by atoms with Crippen LogP contribution in [0, 0.1) is 5.82 Å². The summed E-state index contributed by atoms with van der Waals surface area (Å²) in [5.74, 6) is 0.276. The number of carbonyl (C=O) groups excluding carboxylic acids is 1. The SMILES string of the molecule is O=C(COc1ccc(Cl)c(F)c1)NC12CC(c3nnc(Oc4ccccc4Cl)o3)(C1)C2. The van der Waals surface area contributed by atoms with Gasteiger partial charge in [0.1, 0.15) is 11.6 Å². The molecule has 0 radical (unpaired) electrons. The third kappa shape index (κ3) is 3.70. The van der Waals surface area contributed by atoms with E-state index >= 15 is 0 Å². The number of aromatic nitrogens is 2.